The summed E-state index contributed by atoms with van der Waals surface area (Å²) in [5.41, 5.74) is 3.15. The SMILES string of the molecule is CC.c1ccc(S(c2ccccc2)(c2ccccc2)c2ccnc3c2oc2cccnc23)cc1. The molecule has 0 aliphatic rings. The van der Waals surface area contributed by atoms with Crippen LogP contribution in [0.15, 0.2) is 146 Å². The molecule has 0 atom stereocenters. The Labute approximate surface area is 201 Å². The van der Waals surface area contributed by atoms with Gasteiger partial charge in [-0.05, 0) is 54.6 Å². The van der Waals surface area contributed by atoms with Gasteiger partial charge in [-0.15, -0.1) is 10.0 Å². The third-order valence-corrected chi connectivity index (χ3v) is 9.61. The van der Waals surface area contributed by atoms with Crippen LogP contribution in [-0.2, 0) is 0 Å². The summed E-state index contributed by atoms with van der Waals surface area (Å²) in [6, 6.07) is 38.2. The van der Waals surface area contributed by atoms with Gasteiger partial charge >= 0.3 is 0 Å². The van der Waals surface area contributed by atoms with E-state index in [4.69, 9.17) is 4.42 Å². The molecule has 0 aliphatic carbocycles. The highest BCUT2D eigenvalue weighted by Gasteiger charge is 2.36. The molecule has 0 spiro atoms. The average molecular weight is 463 g/mol. The van der Waals surface area contributed by atoms with Crippen LogP contribution < -0.4 is 0 Å². The molecule has 0 radical (unpaired) electrons. The summed E-state index contributed by atoms with van der Waals surface area (Å²) in [4.78, 5) is 14.1. The van der Waals surface area contributed by atoms with Crippen molar-refractivity contribution in [2.24, 2.45) is 0 Å². The molecule has 0 saturated heterocycles. The fourth-order valence-corrected chi connectivity index (χ4v) is 8.32. The molecule has 0 saturated carbocycles. The topological polar surface area (TPSA) is 38.9 Å². The van der Waals surface area contributed by atoms with Crippen LogP contribution in [0.5, 0.6) is 0 Å². The van der Waals surface area contributed by atoms with Crippen molar-refractivity contribution in [1.29, 1.82) is 0 Å². The number of hydrogen-bond acceptors (Lipinski definition) is 3. The Hall–Kier alpha value is -3.89. The number of hydrogen-bond donors (Lipinski definition) is 0. The first-order chi connectivity index (χ1) is 16.9. The summed E-state index contributed by atoms with van der Waals surface area (Å²) in [7, 11) is -1.85. The van der Waals surface area contributed by atoms with Gasteiger partial charge < -0.3 is 4.42 Å². The van der Waals surface area contributed by atoms with Crippen LogP contribution in [0, 0.1) is 0 Å². The first-order valence-electron chi connectivity index (χ1n) is 11.5. The second-order valence-electron chi connectivity index (χ2n) is 7.49. The third kappa shape index (κ3) is 3.47. The maximum atomic E-state index is 6.45. The van der Waals surface area contributed by atoms with Gasteiger partial charge in [0.15, 0.2) is 11.2 Å². The Balaban J connectivity index is 0.00000117. The zero-order valence-corrected chi connectivity index (χ0v) is 20.1. The summed E-state index contributed by atoms with van der Waals surface area (Å²) in [6.45, 7) is 4.00. The molecule has 3 aromatic heterocycles. The monoisotopic (exact) mass is 462 g/mol. The second-order valence-corrected chi connectivity index (χ2v) is 10.6. The van der Waals surface area contributed by atoms with Crippen LogP contribution in [0.2, 0.25) is 0 Å². The number of furan rings is 1. The van der Waals surface area contributed by atoms with Gasteiger partial charge in [0, 0.05) is 32.0 Å². The Morgan fingerprint density at radius 2 is 1.03 bits per heavy atom. The summed E-state index contributed by atoms with van der Waals surface area (Å²) < 4.78 is 6.45. The Morgan fingerprint density at radius 3 is 1.56 bits per heavy atom. The van der Waals surface area contributed by atoms with E-state index >= 15 is 0 Å². The van der Waals surface area contributed by atoms with Gasteiger partial charge in [-0.1, -0.05) is 68.4 Å². The number of rotatable bonds is 4. The number of benzene rings is 3. The van der Waals surface area contributed by atoms with E-state index in [9.17, 15) is 0 Å². The Morgan fingerprint density at radius 1 is 0.529 bits per heavy atom. The standard InChI is InChI=1S/C28H20N2OS.C2H6/c1-4-11-21(12-5-1)32(22-13-6-2-7-14-22,23-15-8-3-9-16-23)25-18-20-30-27-26-24(31-28(25)27)17-10-19-29-26;1-2/h1-20H;1-2H3. The summed E-state index contributed by atoms with van der Waals surface area (Å²) in [5, 5.41) is 0. The van der Waals surface area contributed by atoms with Crippen LogP contribution in [0.3, 0.4) is 0 Å². The highest BCUT2D eigenvalue weighted by atomic mass is 32.3. The van der Waals surface area contributed by atoms with Gasteiger partial charge in [-0.2, -0.15) is 0 Å². The van der Waals surface area contributed by atoms with E-state index in [0.29, 0.717) is 0 Å². The van der Waals surface area contributed by atoms with Crippen molar-refractivity contribution in [3.8, 4) is 0 Å². The van der Waals surface area contributed by atoms with E-state index in [0.717, 1.165) is 27.1 Å². The van der Waals surface area contributed by atoms with Gasteiger partial charge in [0.05, 0.1) is 0 Å². The van der Waals surface area contributed by atoms with Crippen molar-refractivity contribution in [2.75, 3.05) is 0 Å². The van der Waals surface area contributed by atoms with Crippen LogP contribution in [0.4, 0.5) is 0 Å². The van der Waals surface area contributed by atoms with Crippen molar-refractivity contribution in [3.05, 3.63) is 122 Å². The Kier molecular flexibility index (Phi) is 6.15. The quantitative estimate of drug-likeness (QED) is 0.263. The molecule has 0 bridgehead atoms. The van der Waals surface area contributed by atoms with E-state index in [1.165, 1.54) is 14.7 Å². The van der Waals surface area contributed by atoms with Gasteiger partial charge in [-0.3, -0.25) is 9.97 Å². The number of fused-ring (bicyclic) bond motifs is 3. The molecule has 6 aromatic rings. The molecular weight excluding hydrogens is 436 g/mol. The van der Waals surface area contributed by atoms with Crippen molar-refractivity contribution >= 4 is 32.2 Å². The maximum absolute atomic E-state index is 6.45. The van der Waals surface area contributed by atoms with Crippen LogP contribution in [0.1, 0.15) is 13.8 Å². The van der Waals surface area contributed by atoms with E-state index in [1.54, 1.807) is 6.20 Å². The average Bonchev–Trinajstić information content (AvgIpc) is 3.32. The minimum absolute atomic E-state index is 0.755. The molecule has 3 aromatic carbocycles. The lowest BCUT2D eigenvalue weighted by Gasteiger charge is -2.41. The molecule has 6 rings (SSSR count). The summed E-state index contributed by atoms with van der Waals surface area (Å²) in [5.74, 6) is 0. The predicted molar refractivity (Wildman–Crippen MR) is 141 cm³/mol. The van der Waals surface area contributed by atoms with Crippen molar-refractivity contribution in [3.63, 3.8) is 0 Å². The first-order valence-corrected chi connectivity index (χ1v) is 13.1. The molecule has 168 valence electrons. The molecule has 0 N–H and O–H groups in total. The van der Waals surface area contributed by atoms with E-state index < -0.39 is 10.0 Å². The number of nitrogens with zero attached hydrogens (tertiary/aromatic N) is 2. The van der Waals surface area contributed by atoms with Gasteiger partial charge in [0.25, 0.3) is 0 Å². The van der Waals surface area contributed by atoms with E-state index in [2.05, 4.69) is 107 Å². The third-order valence-electron chi connectivity index (χ3n) is 5.70. The van der Waals surface area contributed by atoms with Crippen LogP contribution in [-0.4, -0.2) is 9.97 Å². The molecule has 34 heavy (non-hydrogen) atoms. The smallest absolute Gasteiger partial charge is 0.168 e. The zero-order chi connectivity index (χ0) is 23.4. The van der Waals surface area contributed by atoms with Gasteiger partial charge in [-0.25, -0.2) is 0 Å². The normalized spacial score (nSPS) is 11.7. The number of pyridine rings is 2. The molecule has 0 unspecified atom stereocenters. The van der Waals surface area contributed by atoms with Gasteiger partial charge in [0.2, 0.25) is 0 Å². The predicted octanol–water partition coefficient (Wildman–Crippen LogP) is 8.74. The minimum atomic E-state index is -1.85. The van der Waals surface area contributed by atoms with Crippen molar-refractivity contribution in [2.45, 2.75) is 33.4 Å². The zero-order valence-electron chi connectivity index (χ0n) is 19.3. The van der Waals surface area contributed by atoms with Crippen molar-refractivity contribution < 1.29 is 4.42 Å². The van der Waals surface area contributed by atoms with Gasteiger partial charge in [0.1, 0.15) is 11.0 Å². The highest BCUT2D eigenvalue weighted by Crippen LogP contribution is 2.74. The largest absolute Gasteiger partial charge is 0.451 e. The lowest BCUT2D eigenvalue weighted by molar-refractivity contribution is 0.658. The van der Waals surface area contributed by atoms with Crippen LogP contribution in [0.25, 0.3) is 22.2 Å². The van der Waals surface area contributed by atoms with Crippen molar-refractivity contribution in [1.82, 2.24) is 9.97 Å². The van der Waals surface area contributed by atoms with Crippen LogP contribution >= 0.6 is 10.0 Å². The van der Waals surface area contributed by atoms with E-state index in [1.807, 2.05) is 32.2 Å². The molecular formula is C30H26N2OS. The molecule has 0 amide bonds. The summed E-state index contributed by atoms with van der Waals surface area (Å²) >= 11 is 0. The fourth-order valence-electron chi connectivity index (χ4n) is 4.36. The highest BCUT2D eigenvalue weighted by molar-refractivity contribution is 8.34. The Bertz CT molecular complexity index is 1420. The molecule has 4 heteroatoms. The number of aromatic nitrogens is 2. The molecule has 0 fully saturated rings. The molecule has 3 nitrogen and oxygen atoms in total. The van der Waals surface area contributed by atoms with E-state index in [-0.39, 0.29) is 0 Å². The molecule has 3 heterocycles. The fraction of sp³-hybridized carbons (Fsp3) is 0.0667. The lowest BCUT2D eigenvalue weighted by atomic mass is 10.3. The first kappa shape index (κ1) is 21.9. The maximum Gasteiger partial charge on any atom is 0.168 e. The molecule has 0 aliphatic heterocycles. The lowest BCUT2D eigenvalue weighted by Crippen LogP contribution is -2.05. The second kappa shape index (κ2) is 9.54. The summed E-state index contributed by atoms with van der Waals surface area (Å²) in [6.07, 6.45) is 3.68. The minimum Gasteiger partial charge on any atom is -0.451 e.